The average Bonchev–Trinajstić information content (AvgIpc) is 2.66. The van der Waals surface area contributed by atoms with Crippen molar-refractivity contribution in [1.82, 2.24) is 0 Å². The van der Waals surface area contributed by atoms with Gasteiger partial charge in [-0.05, 0) is 61.6 Å². The Bertz CT molecular complexity index is 1130. The third-order valence-electron chi connectivity index (χ3n) is 5.02. The van der Waals surface area contributed by atoms with Crippen molar-refractivity contribution in [2.45, 2.75) is 59.1 Å². The number of phenols is 1. The van der Waals surface area contributed by atoms with E-state index in [1.807, 2.05) is 6.07 Å². The number of aromatic hydroxyl groups is 1. The van der Waals surface area contributed by atoms with Gasteiger partial charge in [0.25, 0.3) is 5.76 Å². The number of phenolic OH excluding ortho intramolecular Hbond substituents is 1. The summed E-state index contributed by atoms with van der Waals surface area (Å²) in [5.41, 5.74) is 0.802. The Kier molecular flexibility index (Phi) is 6.62. The molecule has 1 N–H and O–H groups in total. The molecule has 0 amide bonds. The number of alkyl halides is 3. The van der Waals surface area contributed by atoms with Crippen molar-refractivity contribution in [2.24, 2.45) is 0 Å². The molecule has 0 fully saturated rings. The minimum absolute atomic E-state index is 0.0596. The summed E-state index contributed by atoms with van der Waals surface area (Å²) >= 11 is 0. The molecule has 1 heterocycles. The minimum Gasteiger partial charge on any atom is -0.508 e. The van der Waals surface area contributed by atoms with Crippen LogP contribution < -0.4 is 10.2 Å². The molecule has 31 heavy (non-hydrogen) atoms. The summed E-state index contributed by atoms with van der Waals surface area (Å²) in [6.45, 7) is 5.64. The van der Waals surface area contributed by atoms with Gasteiger partial charge < -0.3 is 14.3 Å². The molecule has 3 rings (SSSR count). The SMILES string of the molecule is CCCCCCc1cc2c(=O)c(Oc3cc(C)cc(C)c3)c(C(F)(F)F)oc2cc1O. The maximum Gasteiger partial charge on any atom is 0.453 e. The van der Waals surface area contributed by atoms with Gasteiger partial charge in [-0.2, -0.15) is 13.2 Å². The summed E-state index contributed by atoms with van der Waals surface area (Å²) < 4.78 is 51.5. The lowest BCUT2D eigenvalue weighted by molar-refractivity contribution is -0.154. The fourth-order valence-electron chi connectivity index (χ4n) is 3.59. The zero-order valence-corrected chi connectivity index (χ0v) is 17.7. The Labute approximate surface area is 178 Å². The van der Waals surface area contributed by atoms with Crippen LogP contribution in [0.25, 0.3) is 11.0 Å². The zero-order valence-electron chi connectivity index (χ0n) is 17.7. The van der Waals surface area contributed by atoms with E-state index in [2.05, 4.69) is 6.92 Å². The molecule has 0 aliphatic rings. The third kappa shape index (κ3) is 5.21. The van der Waals surface area contributed by atoms with Gasteiger partial charge in [-0.3, -0.25) is 4.79 Å². The van der Waals surface area contributed by atoms with Crippen molar-refractivity contribution >= 4 is 11.0 Å². The zero-order chi connectivity index (χ0) is 22.8. The van der Waals surface area contributed by atoms with Crippen LogP contribution in [-0.4, -0.2) is 5.11 Å². The van der Waals surface area contributed by atoms with Gasteiger partial charge in [-0.15, -0.1) is 0 Å². The van der Waals surface area contributed by atoms with Crippen molar-refractivity contribution in [1.29, 1.82) is 0 Å². The molecule has 0 radical (unpaired) electrons. The van der Waals surface area contributed by atoms with E-state index in [1.54, 1.807) is 26.0 Å². The molecule has 0 aliphatic carbocycles. The Balaban J connectivity index is 2.13. The van der Waals surface area contributed by atoms with Gasteiger partial charge in [0.05, 0.1) is 5.39 Å². The summed E-state index contributed by atoms with van der Waals surface area (Å²) in [5.74, 6) is -2.51. The number of fused-ring (bicyclic) bond motifs is 1. The molecule has 0 unspecified atom stereocenters. The molecular weight excluding hydrogens is 409 g/mol. The van der Waals surface area contributed by atoms with Crippen molar-refractivity contribution in [3.05, 3.63) is 63.0 Å². The maximum absolute atomic E-state index is 13.7. The predicted molar refractivity (Wildman–Crippen MR) is 113 cm³/mol. The van der Waals surface area contributed by atoms with Crippen molar-refractivity contribution < 1.29 is 27.4 Å². The fraction of sp³-hybridized carbons (Fsp3) is 0.375. The highest BCUT2D eigenvalue weighted by atomic mass is 19.4. The van der Waals surface area contributed by atoms with E-state index < -0.39 is 23.1 Å². The largest absolute Gasteiger partial charge is 0.508 e. The Morgan fingerprint density at radius 3 is 2.29 bits per heavy atom. The molecule has 0 aliphatic heterocycles. The smallest absolute Gasteiger partial charge is 0.453 e. The lowest BCUT2D eigenvalue weighted by Gasteiger charge is -2.15. The molecule has 3 aromatic rings. The summed E-state index contributed by atoms with van der Waals surface area (Å²) in [5, 5.41) is 10.2. The van der Waals surface area contributed by atoms with Gasteiger partial charge in [0, 0.05) is 6.07 Å². The second-order valence-corrected chi connectivity index (χ2v) is 7.80. The van der Waals surface area contributed by atoms with Crippen LogP contribution in [0, 0.1) is 13.8 Å². The molecule has 0 spiro atoms. The highest BCUT2D eigenvalue weighted by molar-refractivity contribution is 5.81. The van der Waals surface area contributed by atoms with Crippen LogP contribution in [0.5, 0.6) is 17.2 Å². The summed E-state index contributed by atoms with van der Waals surface area (Å²) in [7, 11) is 0. The second-order valence-electron chi connectivity index (χ2n) is 7.80. The number of aryl methyl sites for hydroxylation is 3. The van der Waals surface area contributed by atoms with Crippen molar-refractivity contribution in [3.8, 4) is 17.2 Å². The van der Waals surface area contributed by atoms with E-state index >= 15 is 0 Å². The van der Waals surface area contributed by atoms with Gasteiger partial charge in [-0.1, -0.05) is 32.3 Å². The fourth-order valence-corrected chi connectivity index (χ4v) is 3.59. The Morgan fingerprint density at radius 2 is 1.68 bits per heavy atom. The molecule has 1 aromatic heterocycles. The Hall–Kier alpha value is -2.96. The van der Waals surface area contributed by atoms with Crippen LogP contribution in [0.15, 0.2) is 39.5 Å². The molecule has 0 saturated heterocycles. The first-order valence-electron chi connectivity index (χ1n) is 10.3. The molecule has 0 bridgehead atoms. The normalized spacial score (nSPS) is 11.8. The predicted octanol–water partition coefficient (Wildman–Crippen LogP) is 7.05. The van der Waals surface area contributed by atoms with E-state index in [-0.39, 0.29) is 22.5 Å². The van der Waals surface area contributed by atoms with E-state index in [0.717, 1.165) is 42.9 Å². The van der Waals surface area contributed by atoms with Gasteiger partial charge >= 0.3 is 6.18 Å². The monoisotopic (exact) mass is 434 g/mol. The highest BCUT2D eigenvalue weighted by Crippen LogP contribution is 2.39. The molecule has 7 heteroatoms. The number of halogens is 3. The molecule has 4 nitrogen and oxygen atoms in total. The van der Waals surface area contributed by atoms with Crippen molar-refractivity contribution in [3.63, 3.8) is 0 Å². The topological polar surface area (TPSA) is 59.7 Å². The van der Waals surface area contributed by atoms with Gasteiger partial charge in [0.15, 0.2) is 0 Å². The number of ether oxygens (including phenoxy) is 1. The van der Waals surface area contributed by atoms with Gasteiger partial charge in [0.1, 0.15) is 17.1 Å². The standard InChI is InChI=1S/C24H25F3O4/c1-4-5-6-7-8-16-12-18-20(13-19(16)28)31-23(24(25,26)27)22(21(18)29)30-17-10-14(2)9-15(3)11-17/h9-13,28H,4-8H2,1-3H3. The number of unbranched alkanes of at least 4 members (excludes halogenated alkanes) is 3. The Morgan fingerprint density at radius 1 is 1.00 bits per heavy atom. The van der Waals surface area contributed by atoms with Crippen LogP contribution in [0.3, 0.4) is 0 Å². The summed E-state index contributed by atoms with van der Waals surface area (Å²) in [6, 6.07) is 7.41. The van der Waals surface area contributed by atoms with Crippen LogP contribution in [-0.2, 0) is 12.6 Å². The van der Waals surface area contributed by atoms with E-state index in [0.29, 0.717) is 12.0 Å². The van der Waals surface area contributed by atoms with E-state index in [4.69, 9.17) is 9.15 Å². The van der Waals surface area contributed by atoms with Crippen molar-refractivity contribution in [2.75, 3.05) is 0 Å². The third-order valence-corrected chi connectivity index (χ3v) is 5.02. The lowest BCUT2D eigenvalue weighted by atomic mass is 10.0. The first-order chi connectivity index (χ1) is 14.6. The van der Waals surface area contributed by atoms with Gasteiger partial charge in [-0.25, -0.2) is 0 Å². The lowest BCUT2D eigenvalue weighted by Crippen LogP contribution is -2.15. The highest BCUT2D eigenvalue weighted by Gasteiger charge is 2.40. The molecular formula is C24H25F3O4. The first-order valence-corrected chi connectivity index (χ1v) is 10.3. The second kappa shape index (κ2) is 9.04. The number of hydrogen-bond acceptors (Lipinski definition) is 4. The first kappa shape index (κ1) is 22.7. The molecule has 0 saturated carbocycles. The summed E-state index contributed by atoms with van der Waals surface area (Å²) in [6.07, 6.45) is -0.598. The van der Waals surface area contributed by atoms with Gasteiger partial charge in [0.2, 0.25) is 11.2 Å². The van der Waals surface area contributed by atoms with Crippen LogP contribution in [0.2, 0.25) is 0 Å². The number of hydrogen-bond donors (Lipinski definition) is 1. The quantitative estimate of drug-likeness (QED) is 0.405. The number of rotatable bonds is 7. The minimum atomic E-state index is -4.95. The number of benzene rings is 2. The molecule has 0 atom stereocenters. The van der Waals surface area contributed by atoms with Crippen LogP contribution in [0.4, 0.5) is 13.2 Å². The summed E-state index contributed by atoms with van der Waals surface area (Å²) in [4.78, 5) is 13.0. The van der Waals surface area contributed by atoms with Crippen LogP contribution in [0.1, 0.15) is 55.1 Å². The van der Waals surface area contributed by atoms with Crippen LogP contribution >= 0.6 is 0 Å². The molecule has 2 aromatic carbocycles. The maximum atomic E-state index is 13.7. The molecule has 166 valence electrons. The van der Waals surface area contributed by atoms with E-state index in [9.17, 15) is 23.1 Å². The average molecular weight is 434 g/mol. The van der Waals surface area contributed by atoms with E-state index in [1.165, 1.54) is 6.07 Å².